The third-order valence-electron chi connectivity index (χ3n) is 1.99. The van der Waals surface area contributed by atoms with E-state index in [9.17, 15) is 10.2 Å². The topological polar surface area (TPSA) is 40.5 Å². The third kappa shape index (κ3) is 1.95. The molecule has 0 spiro atoms. The van der Waals surface area contributed by atoms with Gasteiger partial charge in [0.15, 0.2) is 0 Å². The van der Waals surface area contributed by atoms with Crippen LogP contribution < -0.4 is 0 Å². The Morgan fingerprint density at radius 1 is 1.31 bits per heavy atom. The van der Waals surface area contributed by atoms with Gasteiger partial charge < -0.3 is 10.2 Å². The van der Waals surface area contributed by atoms with E-state index < -0.39 is 5.60 Å². The summed E-state index contributed by atoms with van der Waals surface area (Å²) in [4.78, 5) is 0. The molecule has 2 N–H and O–H groups in total. The van der Waals surface area contributed by atoms with Gasteiger partial charge in [-0.3, -0.25) is 0 Å². The molecule has 0 aliphatic carbocycles. The van der Waals surface area contributed by atoms with Gasteiger partial charge >= 0.3 is 0 Å². The first-order valence-electron chi connectivity index (χ1n) is 4.05. The Balaban J connectivity index is 3.43. The average Bonchev–Trinajstić information content (AvgIpc) is 1.95. The van der Waals surface area contributed by atoms with Crippen LogP contribution in [-0.4, -0.2) is 10.2 Å². The first kappa shape index (κ1) is 10.4. The van der Waals surface area contributed by atoms with Crippen LogP contribution in [0.25, 0.3) is 0 Å². The molecule has 3 heteroatoms. The lowest BCUT2D eigenvalue weighted by Crippen LogP contribution is -2.17. The number of aromatic hydroxyl groups is 1. The molecule has 1 rings (SSSR count). The van der Waals surface area contributed by atoms with Crippen molar-refractivity contribution >= 4 is 11.6 Å². The molecule has 0 fully saturated rings. The van der Waals surface area contributed by atoms with Gasteiger partial charge in [0.25, 0.3) is 0 Å². The van der Waals surface area contributed by atoms with E-state index in [4.69, 9.17) is 11.6 Å². The molecule has 2 nitrogen and oxygen atoms in total. The van der Waals surface area contributed by atoms with Crippen molar-refractivity contribution in [3.8, 4) is 5.75 Å². The summed E-state index contributed by atoms with van der Waals surface area (Å²) in [6.07, 6.45) is 0. The van der Waals surface area contributed by atoms with Gasteiger partial charge in [0, 0.05) is 10.6 Å². The zero-order valence-corrected chi connectivity index (χ0v) is 8.68. The molecule has 0 heterocycles. The first-order chi connectivity index (χ1) is 5.84. The van der Waals surface area contributed by atoms with Crippen LogP contribution in [0, 0.1) is 6.92 Å². The maximum Gasteiger partial charge on any atom is 0.122 e. The highest BCUT2D eigenvalue weighted by Crippen LogP contribution is 2.35. The van der Waals surface area contributed by atoms with Crippen LogP contribution in [0.5, 0.6) is 5.75 Å². The van der Waals surface area contributed by atoms with E-state index in [1.54, 1.807) is 26.8 Å². The maximum atomic E-state index is 9.76. The summed E-state index contributed by atoms with van der Waals surface area (Å²) < 4.78 is 0. The van der Waals surface area contributed by atoms with Crippen LogP contribution in [0.3, 0.4) is 0 Å². The van der Waals surface area contributed by atoms with Gasteiger partial charge in [-0.1, -0.05) is 11.6 Å². The Hall–Kier alpha value is -0.730. The fourth-order valence-electron chi connectivity index (χ4n) is 1.44. The molecule has 0 unspecified atom stereocenters. The molecule has 0 saturated carbocycles. The van der Waals surface area contributed by atoms with Crippen LogP contribution in [0.2, 0.25) is 5.02 Å². The second-order valence-corrected chi connectivity index (χ2v) is 4.03. The smallest absolute Gasteiger partial charge is 0.122 e. The van der Waals surface area contributed by atoms with Crippen molar-refractivity contribution in [1.29, 1.82) is 0 Å². The van der Waals surface area contributed by atoms with Gasteiger partial charge in [-0.15, -0.1) is 0 Å². The maximum absolute atomic E-state index is 9.76. The van der Waals surface area contributed by atoms with E-state index in [0.717, 1.165) is 0 Å². The van der Waals surface area contributed by atoms with Crippen molar-refractivity contribution in [1.82, 2.24) is 0 Å². The molecule has 0 saturated heterocycles. The monoisotopic (exact) mass is 200 g/mol. The van der Waals surface area contributed by atoms with E-state index in [-0.39, 0.29) is 5.75 Å². The van der Waals surface area contributed by atoms with Crippen LogP contribution in [0.1, 0.15) is 25.0 Å². The molecule has 0 aliphatic rings. The number of rotatable bonds is 1. The summed E-state index contributed by atoms with van der Waals surface area (Å²) in [6.45, 7) is 5.01. The van der Waals surface area contributed by atoms with Gasteiger partial charge in [-0.05, 0) is 38.5 Å². The second kappa shape index (κ2) is 3.20. The summed E-state index contributed by atoms with van der Waals surface area (Å²) in [5.74, 6) is 0.0781. The number of hydrogen-bond donors (Lipinski definition) is 2. The van der Waals surface area contributed by atoms with E-state index in [1.807, 2.05) is 0 Å². The highest BCUT2D eigenvalue weighted by molar-refractivity contribution is 6.31. The molecule has 0 radical (unpaired) electrons. The minimum Gasteiger partial charge on any atom is -0.508 e. The van der Waals surface area contributed by atoms with Crippen molar-refractivity contribution in [3.63, 3.8) is 0 Å². The van der Waals surface area contributed by atoms with Crippen molar-refractivity contribution in [2.75, 3.05) is 0 Å². The fourth-order valence-corrected chi connectivity index (χ4v) is 1.60. The highest BCUT2D eigenvalue weighted by atomic mass is 35.5. The molecule has 0 amide bonds. The highest BCUT2D eigenvalue weighted by Gasteiger charge is 2.23. The van der Waals surface area contributed by atoms with Gasteiger partial charge in [0.2, 0.25) is 0 Å². The van der Waals surface area contributed by atoms with Gasteiger partial charge in [0.05, 0.1) is 5.60 Å². The standard InChI is InChI=1S/C10H13ClO2/c1-6-7(11)4-5-8(12)9(6)10(2,3)13/h4-5,12-13H,1-3H3. The minimum absolute atomic E-state index is 0.0781. The van der Waals surface area contributed by atoms with E-state index in [2.05, 4.69) is 0 Å². The Morgan fingerprint density at radius 3 is 2.23 bits per heavy atom. The summed E-state index contributed by atoms with van der Waals surface area (Å²) in [5, 5.41) is 19.8. The van der Waals surface area contributed by atoms with Crippen LogP contribution in [0.4, 0.5) is 0 Å². The lowest BCUT2D eigenvalue weighted by atomic mass is 9.93. The summed E-state index contributed by atoms with van der Waals surface area (Å²) in [5.41, 5.74) is 0.133. The van der Waals surface area contributed by atoms with E-state index >= 15 is 0 Å². The van der Waals surface area contributed by atoms with E-state index in [0.29, 0.717) is 16.1 Å². The largest absolute Gasteiger partial charge is 0.508 e. The summed E-state index contributed by atoms with van der Waals surface area (Å²) >= 11 is 5.87. The molecular formula is C10H13ClO2. The Kier molecular flexibility index (Phi) is 2.55. The molecule has 0 aliphatic heterocycles. The number of phenolic OH excluding ortho intramolecular Hbond substituents is 1. The molecule has 72 valence electrons. The van der Waals surface area contributed by atoms with Crippen molar-refractivity contribution in [2.24, 2.45) is 0 Å². The summed E-state index contributed by atoms with van der Waals surface area (Å²) in [6, 6.07) is 3.10. The lowest BCUT2D eigenvalue weighted by molar-refractivity contribution is 0.0751. The van der Waals surface area contributed by atoms with Gasteiger partial charge in [-0.25, -0.2) is 0 Å². The Labute approximate surface area is 82.8 Å². The predicted octanol–water partition coefficient (Wildman–Crippen LogP) is 2.58. The quantitative estimate of drug-likeness (QED) is 0.732. The van der Waals surface area contributed by atoms with Crippen molar-refractivity contribution < 1.29 is 10.2 Å². The fraction of sp³-hybridized carbons (Fsp3) is 0.400. The number of halogens is 1. The lowest BCUT2D eigenvalue weighted by Gasteiger charge is -2.22. The van der Waals surface area contributed by atoms with Crippen LogP contribution >= 0.6 is 11.6 Å². The van der Waals surface area contributed by atoms with Gasteiger partial charge in [-0.2, -0.15) is 0 Å². The molecule has 1 aromatic rings. The molecule has 0 bridgehead atoms. The molecule has 1 aromatic carbocycles. The van der Waals surface area contributed by atoms with Gasteiger partial charge in [0.1, 0.15) is 5.75 Å². The van der Waals surface area contributed by atoms with Crippen LogP contribution in [-0.2, 0) is 5.60 Å². The third-order valence-corrected chi connectivity index (χ3v) is 2.40. The second-order valence-electron chi connectivity index (χ2n) is 3.63. The Bertz CT molecular complexity index is 326. The number of phenols is 1. The number of benzene rings is 1. The summed E-state index contributed by atoms with van der Waals surface area (Å²) in [7, 11) is 0. The first-order valence-corrected chi connectivity index (χ1v) is 4.42. The van der Waals surface area contributed by atoms with Crippen molar-refractivity contribution in [3.05, 3.63) is 28.3 Å². The molecular weight excluding hydrogens is 188 g/mol. The molecule has 0 aromatic heterocycles. The molecule has 0 atom stereocenters. The average molecular weight is 201 g/mol. The zero-order valence-electron chi connectivity index (χ0n) is 7.93. The van der Waals surface area contributed by atoms with Crippen LogP contribution in [0.15, 0.2) is 12.1 Å². The predicted molar refractivity (Wildman–Crippen MR) is 53.1 cm³/mol. The number of hydrogen-bond acceptors (Lipinski definition) is 2. The zero-order chi connectivity index (χ0) is 10.2. The SMILES string of the molecule is Cc1c(Cl)ccc(O)c1C(C)(C)O. The van der Waals surface area contributed by atoms with Crippen molar-refractivity contribution in [2.45, 2.75) is 26.4 Å². The van der Waals surface area contributed by atoms with E-state index in [1.165, 1.54) is 6.07 Å². The Morgan fingerprint density at radius 2 is 1.85 bits per heavy atom. The molecule has 13 heavy (non-hydrogen) atoms. The number of aliphatic hydroxyl groups is 1. The normalized spacial score (nSPS) is 11.8. The minimum atomic E-state index is -1.07.